The number of likely N-dealkylation sites (tertiary alicyclic amines) is 1. The average Bonchev–Trinajstić information content (AvgIpc) is 3.39. The van der Waals surface area contributed by atoms with Crippen LogP contribution in [0.15, 0.2) is 36.7 Å². The molecule has 0 saturated carbocycles. The van der Waals surface area contributed by atoms with E-state index in [0.717, 1.165) is 61.3 Å². The number of thiophene rings is 1. The van der Waals surface area contributed by atoms with Crippen LogP contribution in [0.5, 0.6) is 0 Å². The molecule has 5 rings (SSSR count). The molecule has 1 saturated heterocycles. The lowest BCUT2D eigenvalue weighted by Gasteiger charge is -2.32. The van der Waals surface area contributed by atoms with Crippen LogP contribution >= 0.6 is 11.3 Å². The first-order valence-electron chi connectivity index (χ1n) is 11.6. The number of hydrogen-bond acceptors (Lipinski definition) is 6. The number of nitrogens with zero attached hydrogens (tertiary/aromatic N) is 5. The van der Waals surface area contributed by atoms with Crippen molar-refractivity contribution in [3.63, 3.8) is 0 Å². The lowest BCUT2D eigenvalue weighted by molar-refractivity contribution is -0.126. The van der Waals surface area contributed by atoms with Gasteiger partial charge in [-0.05, 0) is 49.6 Å². The highest BCUT2D eigenvalue weighted by Gasteiger charge is 2.29. The fourth-order valence-corrected chi connectivity index (χ4v) is 5.87. The summed E-state index contributed by atoms with van der Waals surface area (Å²) in [7, 11) is 0. The molecule has 0 radical (unpaired) electrons. The number of hydrogen-bond donors (Lipinski definition) is 1. The zero-order valence-corrected chi connectivity index (χ0v) is 20.1. The Labute approximate surface area is 205 Å². The van der Waals surface area contributed by atoms with Crippen molar-refractivity contribution in [3.05, 3.63) is 52.8 Å². The number of aromatic nitrogens is 3. The lowest BCUT2D eigenvalue weighted by Crippen LogP contribution is -2.38. The zero-order valence-electron chi connectivity index (χ0n) is 19.3. The molecule has 0 bridgehead atoms. The number of alkyl halides is 3. The van der Waals surface area contributed by atoms with E-state index in [9.17, 15) is 18.4 Å². The average molecular weight is 499 g/mol. The summed E-state index contributed by atoms with van der Waals surface area (Å²) in [6, 6.07) is 12.4. The Hall–Kier alpha value is -3.16. The second kappa shape index (κ2) is 9.47. The van der Waals surface area contributed by atoms with E-state index in [1.54, 1.807) is 6.07 Å². The van der Waals surface area contributed by atoms with Crippen LogP contribution in [0.25, 0.3) is 21.1 Å². The Morgan fingerprint density at radius 2 is 1.97 bits per heavy atom. The number of halogens is 3. The highest BCUT2D eigenvalue weighted by Crippen LogP contribution is 2.33. The molecule has 0 atom stereocenters. The molecule has 4 heterocycles. The fourth-order valence-electron chi connectivity index (χ4n) is 4.84. The van der Waals surface area contributed by atoms with E-state index < -0.39 is 12.6 Å². The van der Waals surface area contributed by atoms with Crippen molar-refractivity contribution in [1.29, 1.82) is 5.26 Å². The van der Waals surface area contributed by atoms with Gasteiger partial charge in [0, 0.05) is 48.0 Å². The first kappa shape index (κ1) is 23.6. The molecule has 1 N–H and O–H groups in total. The molecule has 0 amide bonds. The second-order valence-electron chi connectivity index (χ2n) is 8.92. The molecule has 6 nitrogen and oxygen atoms in total. The summed E-state index contributed by atoms with van der Waals surface area (Å²) in [4.78, 5) is 11.7. The van der Waals surface area contributed by atoms with Gasteiger partial charge in [0.05, 0.1) is 11.8 Å². The smallest absolute Gasteiger partial charge is 0.367 e. The number of aryl methyl sites for hydroxylation is 1. The molecule has 1 aromatic carbocycles. The molecule has 10 heteroatoms. The number of nitrogens with one attached hydrogen (secondary N) is 1. The largest absolute Gasteiger partial charge is 0.393 e. The van der Waals surface area contributed by atoms with Crippen molar-refractivity contribution in [2.75, 3.05) is 18.4 Å². The molecule has 1 aliphatic heterocycles. The van der Waals surface area contributed by atoms with Crippen molar-refractivity contribution < 1.29 is 13.2 Å². The first-order valence-corrected chi connectivity index (χ1v) is 12.5. The monoisotopic (exact) mass is 498 g/mol. The van der Waals surface area contributed by atoms with E-state index in [1.807, 2.05) is 17.6 Å². The van der Waals surface area contributed by atoms with Crippen LogP contribution in [-0.4, -0.2) is 44.7 Å². The van der Waals surface area contributed by atoms with Gasteiger partial charge in [0.1, 0.15) is 28.7 Å². The predicted octanol–water partition coefficient (Wildman–Crippen LogP) is 5.72. The van der Waals surface area contributed by atoms with Gasteiger partial charge < -0.3 is 9.88 Å². The number of benzene rings is 1. The maximum atomic E-state index is 12.8. The molecule has 1 fully saturated rings. The minimum atomic E-state index is -4.24. The fraction of sp³-hybridized carbons (Fsp3) is 0.400. The van der Waals surface area contributed by atoms with Crippen molar-refractivity contribution in [2.45, 2.75) is 51.5 Å². The standard InChI is InChI=1S/C25H25F3N6S/c1-2-34-19(13-29)10-17-9-16(3-4-22(17)34)14-33-7-5-18(6-8-33)32-23-21-11-20(12-25(26,27)28)35-24(21)31-15-30-23/h3-4,9-11,15,18H,2,5-8,12,14H2,1H3,(H,30,31,32). The Balaban J connectivity index is 1.22. The molecule has 0 aliphatic carbocycles. The van der Waals surface area contributed by atoms with Gasteiger partial charge in [-0.3, -0.25) is 4.90 Å². The van der Waals surface area contributed by atoms with Crippen LogP contribution < -0.4 is 5.32 Å². The summed E-state index contributed by atoms with van der Waals surface area (Å²) < 4.78 is 40.4. The van der Waals surface area contributed by atoms with E-state index in [0.29, 0.717) is 21.7 Å². The van der Waals surface area contributed by atoms with Crippen molar-refractivity contribution in [2.24, 2.45) is 0 Å². The van der Waals surface area contributed by atoms with Crippen LogP contribution in [0.1, 0.15) is 35.9 Å². The molecule has 0 unspecified atom stereocenters. The molecule has 1 aliphatic rings. The van der Waals surface area contributed by atoms with Crippen LogP contribution in [0.4, 0.5) is 19.0 Å². The van der Waals surface area contributed by atoms with E-state index in [-0.39, 0.29) is 10.9 Å². The number of nitriles is 1. The van der Waals surface area contributed by atoms with E-state index in [4.69, 9.17) is 0 Å². The summed E-state index contributed by atoms with van der Waals surface area (Å²) in [5.41, 5.74) is 2.98. The summed E-state index contributed by atoms with van der Waals surface area (Å²) in [6.07, 6.45) is -1.95. The summed E-state index contributed by atoms with van der Waals surface area (Å²) in [5.74, 6) is 0.609. The third kappa shape index (κ3) is 5.11. The van der Waals surface area contributed by atoms with Gasteiger partial charge >= 0.3 is 6.18 Å². The molecular weight excluding hydrogens is 473 g/mol. The summed E-state index contributed by atoms with van der Waals surface area (Å²) >= 11 is 1.07. The maximum absolute atomic E-state index is 12.8. The van der Waals surface area contributed by atoms with Gasteiger partial charge in [-0.25, -0.2) is 9.97 Å². The SMILES string of the molecule is CCn1c(C#N)cc2cc(CN3CCC(Nc4ncnc5sc(CC(F)(F)F)cc45)CC3)ccc21. The number of anilines is 1. The lowest BCUT2D eigenvalue weighted by atomic mass is 10.0. The van der Waals surface area contributed by atoms with Crippen LogP contribution in [0.2, 0.25) is 0 Å². The molecule has 3 aromatic heterocycles. The van der Waals surface area contributed by atoms with Gasteiger partial charge in [0.15, 0.2) is 0 Å². The maximum Gasteiger partial charge on any atom is 0.393 e. The van der Waals surface area contributed by atoms with Crippen molar-refractivity contribution in [1.82, 2.24) is 19.4 Å². The topological polar surface area (TPSA) is 69.8 Å². The van der Waals surface area contributed by atoms with Gasteiger partial charge in [-0.1, -0.05) is 6.07 Å². The normalized spacial score (nSPS) is 15.6. The highest BCUT2D eigenvalue weighted by atomic mass is 32.1. The third-order valence-corrected chi connectivity index (χ3v) is 7.53. The predicted molar refractivity (Wildman–Crippen MR) is 131 cm³/mol. The summed E-state index contributed by atoms with van der Waals surface area (Å²) in [6.45, 7) is 5.46. The van der Waals surface area contributed by atoms with Crippen molar-refractivity contribution in [3.8, 4) is 6.07 Å². The van der Waals surface area contributed by atoms with Gasteiger partial charge in [0.2, 0.25) is 0 Å². The number of piperidine rings is 1. The van der Waals surface area contributed by atoms with Crippen LogP contribution in [0.3, 0.4) is 0 Å². The molecular formula is C25H25F3N6S. The van der Waals surface area contributed by atoms with E-state index in [1.165, 1.54) is 11.9 Å². The van der Waals surface area contributed by atoms with Crippen molar-refractivity contribution >= 4 is 38.3 Å². The minimum Gasteiger partial charge on any atom is -0.367 e. The van der Waals surface area contributed by atoms with Crippen LogP contribution in [-0.2, 0) is 19.5 Å². The second-order valence-corrected chi connectivity index (χ2v) is 10.0. The quantitative estimate of drug-likeness (QED) is 0.368. The van der Waals surface area contributed by atoms with E-state index in [2.05, 4.69) is 44.5 Å². The molecule has 0 spiro atoms. The highest BCUT2D eigenvalue weighted by molar-refractivity contribution is 7.18. The Morgan fingerprint density at radius 3 is 2.69 bits per heavy atom. The number of rotatable bonds is 6. The van der Waals surface area contributed by atoms with Crippen LogP contribution in [0, 0.1) is 11.3 Å². The van der Waals surface area contributed by atoms with Gasteiger partial charge in [0.25, 0.3) is 0 Å². The Kier molecular flexibility index (Phi) is 6.38. The van der Waals surface area contributed by atoms with Gasteiger partial charge in [-0.2, -0.15) is 18.4 Å². The first-order chi connectivity index (χ1) is 16.8. The number of fused-ring (bicyclic) bond motifs is 2. The Morgan fingerprint density at radius 1 is 1.17 bits per heavy atom. The molecule has 4 aromatic rings. The summed E-state index contributed by atoms with van der Waals surface area (Å²) in [5, 5.41) is 14.6. The Bertz CT molecular complexity index is 1390. The minimum absolute atomic E-state index is 0.203. The third-order valence-electron chi connectivity index (χ3n) is 6.49. The van der Waals surface area contributed by atoms with E-state index >= 15 is 0 Å². The molecule has 182 valence electrons. The van der Waals surface area contributed by atoms with Gasteiger partial charge in [-0.15, -0.1) is 11.3 Å². The molecule has 35 heavy (non-hydrogen) atoms. The zero-order chi connectivity index (χ0) is 24.6.